The highest BCUT2D eigenvalue weighted by molar-refractivity contribution is 5.79. The van der Waals surface area contributed by atoms with E-state index >= 15 is 0 Å². The maximum Gasteiger partial charge on any atom is 0.133 e. The zero-order chi connectivity index (χ0) is 18.3. The SMILES string of the molecule is CCC12CCC3C4CCC(COC)CCC4CCC3C1CCC2C(C)=O. The number of carbonyl (C=O) groups excluding carboxylic acids is 1. The molecule has 0 spiro atoms. The summed E-state index contributed by atoms with van der Waals surface area (Å²) in [4.78, 5) is 12.4. The fraction of sp³-hybridized carbons (Fsp3) is 0.958. The molecule has 0 aromatic carbocycles. The summed E-state index contributed by atoms with van der Waals surface area (Å²) in [6, 6.07) is 0. The van der Waals surface area contributed by atoms with Crippen molar-refractivity contribution in [2.45, 2.75) is 84.5 Å². The van der Waals surface area contributed by atoms with Gasteiger partial charge < -0.3 is 4.74 Å². The van der Waals surface area contributed by atoms with E-state index in [2.05, 4.69) is 6.92 Å². The van der Waals surface area contributed by atoms with E-state index in [9.17, 15) is 4.79 Å². The van der Waals surface area contributed by atoms with Gasteiger partial charge in [0.25, 0.3) is 0 Å². The fourth-order valence-corrected chi connectivity index (χ4v) is 8.57. The average molecular weight is 361 g/mol. The molecule has 148 valence electrons. The van der Waals surface area contributed by atoms with E-state index in [1.165, 1.54) is 70.6 Å². The number of rotatable bonds is 4. The van der Waals surface area contributed by atoms with Crippen LogP contribution in [0.3, 0.4) is 0 Å². The average Bonchev–Trinajstić information content (AvgIpc) is 2.92. The second-order valence-electron chi connectivity index (χ2n) is 10.3. The second kappa shape index (κ2) is 7.57. The molecule has 2 heteroatoms. The van der Waals surface area contributed by atoms with E-state index in [-0.39, 0.29) is 0 Å². The summed E-state index contributed by atoms with van der Waals surface area (Å²) in [6.45, 7) is 5.21. The van der Waals surface area contributed by atoms with Gasteiger partial charge in [-0.2, -0.15) is 0 Å². The Bertz CT molecular complexity index is 514. The molecule has 8 atom stereocenters. The van der Waals surface area contributed by atoms with Gasteiger partial charge in [-0.3, -0.25) is 4.79 Å². The number of fused-ring (bicyclic) bond motifs is 5. The van der Waals surface area contributed by atoms with Crippen molar-refractivity contribution in [3.05, 3.63) is 0 Å². The number of ketones is 1. The minimum absolute atomic E-state index is 0.364. The van der Waals surface area contributed by atoms with Gasteiger partial charge in [-0.05, 0) is 118 Å². The molecule has 0 heterocycles. The molecule has 4 rings (SSSR count). The van der Waals surface area contributed by atoms with Crippen LogP contribution in [0.4, 0.5) is 0 Å². The third kappa shape index (κ3) is 2.99. The van der Waals surface area contributed by atoms with Crippen molar-refractivity contribution in [1.29, 1.82) is 0 Å². The van der Waals surface area contributed by atoms with Crippen LogP contribution < -0.4 is 0 Å². The highest BCUT2D eigenvalue weighted by Crippen LogP contribution is 2.65. The lowest BCUT2D eigenvalue weighted by molar-refractivity contribution is -0.129. The quantitative estimate of drug-likeness (QED) is 0.625. The van der Waals surface area contributed by atoms with Crippen LogP contribution >= 0.6 is 0 Å². The minimum Gasteiger partial charge on any atom is -0.384 e. The molecule has 0 amide bonds. The minimum atomic E-state index is 0.364. The van der Waals surface area contributed by atoms with Crippen LogP contribution in [0.2, 0.25) is 0 Å². The zero-order valence-electron chi connectivity index (χ0n) is 17.3. The summed E-state index contributed by atoms with van der Waals surface area (Å²) >= 11 is 0. The molecule has 4 saturated carbocycles. The number of Topliss-reactive ketones (excluding diaryl/α,β-unsaturated/α-hetero) is 1. The molecule has 4 aliphatic carbocycles. The lowest BCUT2D eigenvalue weighted by Gasteiger charge is -2.55. The number of methoxy groups -OCH3 is 1. The monoisotopic (exact) mass is 360 g/mol. The van der Waals surface area contributed by atoms with Crippen LogP contribution in [-0.4, -0.2) is 19.5 Å². The molecule has 8 unspecified atom stereocenters. The molecule has 26 heavy (non-hydrogen) atoms. The van der Waals surface area contributed by atoms with E-state index in [4.69, 9.17) is 4.74 Å². The largest absolute Gasteiger partial charge is 0.384 e. The first-order valence-electron chi connectivity index (χ1n) is 11.6. The smallest absolute Gasteiger partial charge is 0.133 e. The lowest BCUT2D eigenvalue weighted by atomic mass is 9.49. The highest BCUT2D eigenvalue weighted by atomic mass is 16.5. The number of carbonyl (C=O) groups is 1. The Hall–Kier alpha value is -0.370. The van der Waals surface area contributed by atoms with Crippen molar-refractivity contribution < 1.29 is 9.53 Å². The molecule has 0 saturated heterocycles. The van der Waals surface area contributed by atoms with Crippen LogP contribution in [0.1, 0.15) is 84.5 Å². The molecule has 0 aromatic rings. The van der Waals surface area contributed by atoms with Crippen LogP contribution in [0.5, 0.6) is 0 Å². The van der Waals surface area contributed by atoms with Gasteiger partial charge in [-0.15, -0.1) is 0 Å². The molecular formula is C24H40O2. The van der Waals surface area contributed by atoms with Crippen molar-refractivity contribution in [3.63, 3.8) is 0 Å². The van der Waals surface area contributed by atoms with Crippen molar-refractivity contribution in [1.82, 2.24) is 0 Å². The maximum absolute atomic E-state index is 12.4. The van der Waals surface area contributed by atoms with Crippen molar-refractivity contribution >= 4 is 5.78 Å². The molecule has 0 aliphatic heterocycles. The summed E-state index contributed by atoms with van der Waals surface area (Å²) in [6.07, 6.45) is 15.1. The Balaban J connectivity index is 1.53. The Labute approximate surface area is 160 Å². The summed E-state index contributed by atoms with van der Waals surface area (Å²) < 4.78 is 5.48. The van der Waals surface area contributed by atoms with Gasteiger partial charge in [-0.25, -0.2) is 0 Å². The fourth-order valence-electron chi connectivity index (χ4n) is 8.57. The predicted molar refractivity (Wildman–Crippen MR) is 106 cm³/mol. The second-order valence-corrected chi connectivity index (χ2v) is 10.3. The van der Waals surface area contributed by atoms with E-state index in [0.29, 0.717) is 17.1 Å². The zero-order valence-corrected chi connectivity index (χ0v) is 17.3. The summed E-state index contributed by atoms with van der Waals surface area (Å²) in [7, 11) is 1.87. The third-order valence-electron chi connectivity index (χ3n) is 9.64. The summed E-state index contributed by atoms with van der Waals surface area (Å²) in [5, 5.41) is 0. The van der Waals surface area contributed by atoms with Gasteiger partial charge in [0.1, 0.15) is 5.78 Å². The molecule has 4 fully saturated rings. The molecule has 0 aromatic heterocycles. The van der Waals surface area contributed by atoms with Crippen molar-refractivity contribution in [2.24, 2.45) is 46.8 Å². The standard InChI is InChI=1S/C24H40O2/c1-4-24-14-13-20-19-9-6-17(15-26-3)5-7-18(19)8-10-21(20)23(24)12-11-22(24)16(2)25/h17-23H,4-15H2,1-3H3. The first-order chi connectivity index (χ1) is 12.6. The predicted octanol–water partition coefficient (Wildman–Crippen LogP) is 5.89. The first kappa shape index (κ1) is 19.0. The van der Waals surface area contributed by atoms with Crippen LogP contribution in [0, 0.1) is 46.8 Å². The molecule has 0 radical (unpaired) electrons. The Kier molecular flexibility index (Phi) is 5.52. The summed E-state index contributed by atoms with van der Waals surface area (Å²) in [5.41, 5.74) is 0.364. The van der Waals surface area contributed by atoms with E-state index in [1.54, 1.807) is 0 Å². The van der Waals surface area contributed by atoms with Gasteiger partial charge in [0, 0.05) is 19.6 Å². The third-order valence-corrected chi connectivity index (χ3v) is 9.64. The number of hydrogen-bond acceptors (Lipinski definition) is 2. The molecular weight excluding hydrogens is 320 g/mol. The summed E-state index contributed by atoms with van der Waals surface area (Å²) in [5.74, 6) is 6.35. The molecule has 0 N–H and O–H groups in total. The maximum atomic E-state index is 12.4. The van der Waals surface area contributed by atoms with Crippen molar-refractivity contribution in [2.75, 3.05) is 13.7 Å². The lowest BCUT2D eigenvalue weighted by Crippen LogP contribution is -2.49. The van der Waals surface area contributed by atoms with Crippen molar-refractivity contribution in [3.8, 4) is 0 Å². The van der Waals surface area contributed by atoms with Gasteiger partial charge in [-0.1, -0.05) is 6.92 Å². The van der Waals surface area contributed by atoms with E-state index in [0.717, 1.165) is 42.1 Å². The van der Waals surface area contributed by atoms with Gasteiger partial charge in [0.15, 0.2) is 0 Å². The van der Waals surface area contributed by atoms with Gasteiger partial charge in [0.2, 0.25) is 0 Å². The Morgan fingerprint density at radius 1 is 0.923 bits per heavy atom. The normalized spacial score (nSPS) is 48.2. The molecule has 4 aliphatic rings. The van der Waals surface area contributed by atoms with E-state index in [1.807, 2.05) is 14.0 Å². The Morgan fingerprint density at radius 2 is 1.65 bits per heavy atom. The van der Waals surface area contributed by atoms with Gasteiger partial charge in [0.05, 0.1) is 0 Å². The Morgan fingerprint density at radius 3 is 2.38 bits per heavy atom. The number of ether oxygens (including phenoxy) is 1. The van der Waals surface area contributed by atoms with E-state index < -0.39 is 0 Å². The highest BCUT2D eigenvalue weighted by Gasteiger charge is 2.58. The number of hydrogen-bond donors (Lipinski definition) is 0. The first-order valence-corrected chi connectivity index (χ1v) is 11.6. The van der Waals surface area contributed by atoms with Crippen LogP contribution in [-0.2, 0) is 9.53 Å². The van der Waals surface area contributed by atoms with Crippen LogP contribution in [0.15, 0.2) is 0 Å². The topological polar surface area (TPSA) is 26.3 Å². The molecule has 2 nitrogen and oxygen atoms in total. The molecule has 0 bridgehead atoms. The van der Waals surface area contributed by atoms with Gasteiger partial charge >= 0.3 is 0 Å². The van der Waals surface area contributed by atoms with Crippen LogP contribution in [0.25, 0.3) is 0 Å².